The molecule has 2 heterocycles. The topological polar surface area (TPSA) is 88.9 Å². The van der Waals surface area contributed by atoms with Crippen LogP contribution in [-0.2, 0) is 26.2 Å². The third kappa shape index (κ3) is 5.63. The average Bonchev–Trinajstić information content (AvgIpc) is 3.32. The Kier molecular flexibility index (Phi) is 7.28. The van der Waals surface area contributed by atoms with Crippen LogP contribution in [0.4, 0.5) is 4.39 Å². The Morgan fingerprint density at radius 1 is 0.974 bits per heavy atom. The molecule has 194 valence electrons. The molecule has 0 fully saturated rings. The lowest BCUT2D eigenvalue weighted by Crippen LogP contribution is -2.28. The minimum Gasteiger partial charge on any atom is -0.496 e. The Morgan fingerprint density at radius 3 is 2.53 bits per heavy atom. The predicted molar refractivity (Wildman–Crippen MR) is 143 cm³/mol. The summed E-state index contributed by atoms with van der Waals surface area (Å²) in [5.74, 6) is 1.11. The Labute approximate surface area is 219 Å². The normalized spacial score (nSPS) is 11.4. The summed E-state index contributed by atoms with van der Waals surface area (Å²) in [7, 11) is 1.64. The van der Waals surface area contributed by atoms with Gasteiger partial charge in [-0.3, -0.25) is 9.69 Å². The number of tetrazole rings is 1. The second-order valence-electron chi connectivity index (χ2n) is 9.50. The van der Waals surface area contributed by atoms with Crippen molar-refractivity contribution < 1.29 is 9.13 Å². The first kappa shape index (κ1) is 25.3. The van der Waals surface area contributed by atoms with Crippen molar-refractivity contribution in [1.29, 1.82) is 0 Å². The number of aryl methyl sites for hydroxylation is 2. The number of para-hydroxylation sites is 1. The van der Waals surface area contributed by atoms with E-state index in [4.69, 9.17) is 4.74 Å². The molecule has 8 nitrogen and oxygen atoms in total. The van der Waals surface area contributed by atoms with Crippen molar-refractivity contribution in [2.75, 3.05) is 7.11 Å². The summed E-state index contributed by atoms with van der Waals surface area (Å²) in [6.45, 7) is 5.74. The second kappa shape index (κ2) is 10.9. The van der Waals surface area contributed by atoms with Crippen molar-refractivity contribution in [3.05, 3.63) is 117 Å². The van der Waals surface area contributed by atoms with Crippen LogP contribution in [0.1, 0.15) is 33.6 Å². The fraction of sp³-hybridized carbons (Fsp3) is 0.241. The first-order valence-corrected chi connectivity index (χ1v) is 12.4. The number of nitrogens with one attached hydrogen (secondary N) is 1. The number of benzene rings is 3. The van der Waals surface area contributed by atoms with Gasteiger partial charge in [-0.05, 0) is 71.3 Å². The van der Waals surface area contributed by atoms with E-state index in [2.05, 4.69) is 31.5 Å². The summed E-state index contributed by atoms with van der Waals surface area (Å²) in [5.41, 5.74) is 5.43. The van der Waals surface area contributed by atoms with E-state index >= 15 is 0 Å². The summed E-state index contributed by atoms with van der Waals surface area (Å²) >= 11 is 0. The minimum absolute atomic E-state index is 0.126. The maximum atomic E-state index is 13.4. The summed E-state index contributed by atoms with van der Waals surface area (Å²) in [4.78, 5) is 18.3. The molecule has 38 heavy (non-hydrogen) atoms. The van der Waals surface area contributed by atoms with E-state index in [1.54, 1.807) is 23.9 Å². The number of ether oxygens (including phenoxy) is 1. The molecule has 0 bridgehead atoms. The fourth-order valence-corrected chi connectivity index (χ4v) is 4.74. The van der Waals surface area contributed by atoms with Gasteiger partial charge in [-0.2, -0.15) is 0 Å². The molecular weight excluding hydrogens is 483 g/mol. The van der Waals surface area contributed by atoms with Gasteiger partial charge in [-0.1, -0.05) is 36.4 Å². The molecule has 0 saturated carbocycles. The van der Waals surface area contributed by atoms with E-state index in [1.165, 1.54) is 12.1 Å². The third-order valence-corrected chi connectivity index (χ3v) is 6.59. The first-order chi connectivity index (χ1) is 18.4. The van der Waals surface area contributed by atoms with Crippen LogP contribution in [-0.4, -0.2) is 37.2 Å². The van der Waals surface area contributed by atoms with E-state index in [-0.39, 0.29) is 11.4 Å². The maximum Gasteiger partial charge on any atom is 0.252 e. The molecule has 0 atom stereocenters. The first-order valence-electron chi connectivity index (χ1n) is 12.4. The van der Waals surface area contributed by atoms with Gasteiger partial charge in [-0.15, -0.1) is 5.10 Å². The number of H-pyrrole nitrogens is 1. The van der Waals surface area contributed by atoms with Crippen LogP contribution >= 0.6 is 0 Å². The summed E-state index contributed by atoms with van der Waals surface area (Å²) < 4.78 is 20.7. The number of hydrogen-bond donors (Lipinski definition) is 1. The number of halogens is 1. The van der Waals surface area contributed by atoms with Gasteiger partial charge in [-0.25, -0.2) is 9.07 Å². The molecule has 3 aromatic carbocycles. The lowest BCUT2D eigenvalue weighted by atomic mass is 10.0. The van der Waals surface area contributed by atoms with Gasteiger partial charge >= 0.3 is 0 Å². The van der Waals surface area contributed by atoms with Gasteiger partial charge in [0.1, 0.15) is 11.6 Å². The number of aromatic amines is 1. The van der Waals surface area contributed by atoms with E-state index in [0.29, 0.717) is 37.6 Å². The molecule has 0 saturated heterocycles. The summed E-state index contributed by atoms with van der Waals surface area (Å²) in [6, 6.07) is 20.1. The van der Waals surface area contributed by atoms with E-state index in [1.807, 2.05) is 50.2 Å². The smallest absolute Gasteiger partial charge is 0.252 e. The summed E-state index contributed by atoms with van der Waals surface area (Å²) in [6.07, 6.45) is 0. The lowest BCUT2D eigenvalue weighted by Gasteiger charge is -2.23. The van der Waals surface area contributed by atoms with Gasteiger partial charge in [0.2, 0.25) is 0 Å². The van der Waals surface area contributed by atoms with E-state index < -0.39 is 0 Å². The molecule has 1 N–H and O–H groups in total. The highest BCUT2D eigenvalue weighted by molar-refractivity contribution is 5.83. The van der Waals surface area contributed by atoms with Crippen LogP contribution in [0.2, 0.25) is 0 Å². The van der Waals surface area contributed by atoms with Crippen LogP contribution < -0.4 is 10.3 Å². The van der Waals surface area contributed by atoms with Crippen LogP contribution in [0.15, 0.2) is 71.5 Å². The van der Waals surface area contributed by atoms with Crippen molar-refractivity contribution in [1.82, 2.24) is 30.1 Å². The minimum atomic E-state index is -0.292. The monoisotopic (exact) mass is 512 g/mol. The molecule has 5 rings (SSSR count). The third-order valence-electron chi connectivity index (χ3n) is 6.59. The average molecular weight is 513 g/mol. The highest BCUT2D eigenvalue weighted by Crippen LogP contribution is 2.23. The Balaban J connectivity index is 1.48. The van der Waals surface area contributed by atoms with Crippen LogP contribution in [0.3, 0.4) is 0 Å². The number of methoxy groups -OCH3 is 1. The maximum absolute atomic E-state index is 13.4. The van der Waals surface area contributed by atoms with Crippen LogP contribution in [0.5, 0.6) is 5.75 Å². The van der Waals surface area contributed by atoms with Crippen LogP contribution in [0.25, 0.3) is 10.9 Å². The number of aromatic nitrogens is 5. The molecule has 0 spiro atoms. The second-order valence-corrected chi connectivity index (χ2v) is 9.50. The molecule has 0 aliphatic rings. The number of fused-ring (bicyclic) bond motifs is 1. The van der Waals surface area contributed by atoms with Gasteiger partial charge in [0.25, 0.3) is 5.56 Å². The standard InChI is InChI=1S/C29H29FN6O2/c1-19-12-20(2)25-14-23(29(37)31-26(25)13-19)17-35(16-22-6-4-5-7-27(22)38-3)18-28-32-33-34-36(28)15-21-8-10-24(30)11-9-21/h4-14H,15-18H2,1-3H3,(H,31,37). The number of nitrogens with zero attached hydrogens (tertiary/aromatic N) is 5. The van der Waals surface area contributed by atoms with E-state index in [9.17, 15) is 9.18 Å². The molecule has 0 amide bonds. The Bertz CT molecular complexity index is 1630. The molecule has 0 radical (unpaired) electrons. The van der Waals surface area contributed by atoms with Crippen molar-refractivity contribution in [3.8, 4) is 5.75 Å². The Hall–Kier alpha value is -4.37. The highest BCUT2D eigenvalue weighted by atomic mass is 19.1. The molecule has 0 aliphatic heterocycles. The van der Waals surface area contributed by atoms with E-state index in [0.717, 1.165) is 38.9 Å². The SMILES string of the molecule is COc1ccccc1CN(Cc1cc2c(C)cc(C)cc2[nH]c1=O)Cc1nnnn1Cc1ccc(F)cc1. The highest BCUT2D eigenvalue weighted by Gasteiger charge is 2.18. The Morgan fingerprint density at radius 2 is 1.74 bits per heavy atom. The number of hydrogen-bond acceptors (Lipinski definition) is 6. The van der Waals surface area contributed by atoms with Crippen molar-refractivity contribution in [2.45, 2.75) is 40.0 Å². The fourth-order valence-electron chi connectivity index (χ4n) is 4.74. The quantitative estimate of drug-likeness (QED) is 0.312. The summed E-state index contributed by atoms with van der Waals surface area (Å²) in [5, 5.41) is 13.3. The largest absolute Gasteiger partial charge is 0.496 e. The van der Waals surface area contributed by atoms with Gasteiger partial charge in [0, 0.05) is 35.1 Å². The molecule has 0 unspecified atom stereocenters. The lowest BCUT2D eigenvalue weighted by molar-refractivity contribution is 0.232. The zero-order chi connectivity index (χ0) is 26.6. The molecule has 5 aromatic rings. The van der Waals surface area contributed by atoms with Crippen molar-refractivity contribution in [3.63, 3.8) is 0 Å². The van der Waals surface area contributed by atoms with Gasteiger partial charge in [0.15, 0.2) is 5.82 Å². The zero-order valence-corrected chi connectivity index (χ0v) is 21.6. The molecule has 0 aliphatic carbocycles. The molecule has 2 aromatic heterocycles. The predicted octanol–water partition coefficient (Wildman–Crippen LogP) is 4.53. The van der Waals surface area contributed by atoms with Crippen molar-refractivity contribution in [2.24, 2.45) is 0 Å². The number of rotatable bonds is 9. The van der Waals surface area contributed by atoms with Crippen LogP contribution in [0, 0.1) is 19.7 Å². The molecular formula is C29H29FN6O2. The zero-order valence-electron chi connectivity index (χ0n) is 21.6. The van der Waals surface area contributed by atoms with Gasteiger partial charge < -0.3 is 9.72 Å². The molecule has 9 heteroatoms. The van der Waals surface area contributed by atoms with Gasteiger partial charge in [0.05, 0.1) is 20.2 Å². The number of pyridine rings is 1. The van der Waals surface area contributed by atoms with Crippen molar-refractivity contribution >= 4 is 10.9 Å².